The van der Waals surface area contributed by atoms with Crippen LogP contribution in [0.4, 0.5) is 0 Å². The lowest BCUT2D eigenvalue weighted by Crippen LogP contribution is -2.42. The monoisotopic (exact) mass is 344 g/mol. The second-order valence-electron chi connectivity index (χ2n) is 6.85. The summed E-state index contributed by atoms with van der Waals surface area (Å²) in [7, 11) is 0. The maximum absolute atomic E-state index is 12.3. The second kappa shape index (κ2) is 7.23. The molecule has 2 fully saturated rings. The highest BCUT2D eigenvalue weighted by Crippen LogP contribution is 2.27. The molecule has 4 aliphatic rings. The van der Waals surface area contributed by atoms with Crippen molar-refractivity contribution in [2.24, 2.45) is 15.9 Å². The summed E-state index contributed by atoms with van der Waals surface area (Å²) in [6.45, 7) is 2.19. The van der Waals surface area contributed by atoms with Crippen molar-refractivity contribution >= 4 is 29.2 Å². The van der Waals surface area contributed by atoms with Crippen molar-refractivity contribution in [2.75, 3.05) is 18.8 Å². The lowest BCUT2D eigenvalue weighted by molar-refractivity contribution is -0.121. The number of amides is 1. The van der Waals surface area contributed by atoms with E-state index in [-0.39, 0.29) is 11.8 Å². The van der Waals surface area contributed by atoms with Crippen molar-refractivity contribution in [3.05, 3.63) is 23.9 Å². The van der Waals surface area contributed by atoms with Gasteiger partial charge in [0, 0.05) is 5.25 Å². The van der Waals surface area contributed by atoms with Crippen molar-refractivity contribution in [1.82, 2.24) is 10.6 Å². The number of hydrogen-bond acceptors (Lipinski definition) is 5. The molecule has 1 saturated heterocycles. The Morgan fingerprint density at radius 1 is 1.25 bits per heavy atom. The van der Waals surface area contributed by atoms with E-state index in [1.807, 2.05) is 30.0 Å². The van der Waals surface area contributed by atoms with E-state index in [0.29, 0.717) is 11.3 Å². The van der Waals surface area contributed by atoms with Crippen LogP contribution in [0.25, 0.3) is 0 Å². The summed E-state index contributed by atoms with van der Waals surface area (Å²) in [5.41, 5.74) is 1.81. The zero-order valence-corrected chi connectivity index (χ0v) is 14.6. The minimum Gasteiger partial charge on any atom is -0.317 e. The maximum atomic E-state index is 12.3. The van der Waals surface area contributed by atoms with Gasteiger partial charge in [0.25, 0.3) is 0 Å². The molecule has 2 aliphatic carbocycles. The van der Waals surface area contributed by atoms with E-state index >= 15 is 0 Å². The van der Waals surface area contributed by atoms with Gasteiger partial charge in [-0.25, -0.2) is 4.99 Å². The normalized spacial score (nSPS) is 29.6. The first kappa shape index (κ1) is 16.1. The number of amidine groups is 1. The summed E-state index contributed by atoms with van der Waals surface area (Å²) in [4.78, 5) is 21.8. The molecule has 0 aromatic carbocycles. The molecule has 24 heavy (non-hydrogen) atoms. The molecule has 1 atom stereocenters. The number of nitrogens with one attached hydrogen (secondary N) is 2. The Balaban J connectivity index is 1.44. The zero-order chi connectivity index (χ0) is 16.4. The Hall–Kier alpha value is -1.40. The third-order valence-corrected chi connectivity index (χ3v) is 6.42. The number of carbonyl (C=O) groups is 1. The number of rotatable bonds is 4. The lowest BCUT2D eigenvalue weighted by atomic mass is 9.92. The minimum atomic E-state index is -0.252. The minimum absolute atomic E-state index is 0.0381. The molecule has 1 unspecified atom stereocenters. The number of piperidine rings is 1. The Kier molecular flexibility index (Phi) is 4.85. The van der Waals surface area contributed by atoms with E-state index in [0.717, 1.165) is 36.1 Å². The number of fused-ring (bicyclic) bond motifs is 1. The molecular weight excluding hydrogens is 320 g/mol. The molecule has 0 spiro atoms. The van der Waals surface area contributed by atoms with Crippen molar-refractivity contribution in [2.45, 2.75) is 43.4 Å². The van der Waals surface area contributed by atoms with Crippen LogP contribution in [0.5, 0.6) is 0 Å². The number of nitrogens with zero attached hydrogens (tertiary/aromatic N) is 2. The molecule has 6 heteroatoms. The fourth-order valence-corrected chi connectivity index (χ4v) is 4.44. The van der Waals surface area contributed by atoms with E-state index in [4.69, 9.17) is 9.98 Å². The van der Waals surface area contributed by atoms with Gasteiger partial charge in [0.1, 0.15) is 5.84 Å². The van der Waals surface area contributed by atoms with Crippen molar-refractivity contribution in [1.29, 1.82) is 0 Å². The number of allylic oxidation sites excluding steroid dienone is 2. The standard InChI is InChI=1S/C18H24N4OS/c23-18-15-5-4-13(20-12-2-1-3-12)10-16(15)21-17(22-18)11-24-14-6-8-19-9-7-14/h4-5,10,12,14-15,19H,1-3,6-9,11H2,(H,21,22,23). The number of aliphatic imine (C=N–C) groups is 2. The van der Waals surface area contributed by atoms with E-state index in [2.05, 4.69) is 10.6 Å². The number of thioether (sulfide) groups is 1. The summed E-state index contributed by atoms with van der Waals surface area (Å²) in [6, 6.07) is 0.467. The number of carbonyl (C=O) groups excluding carboxylic acids is 1. The first-order chi connectivity index (χ1) is 11.8. The summed E-state index contributed by atoms with van der Waals surface area (Å²) in [5.74, 6) is 1.36. The topological polar surface area (TPSA) is 65.8 Å². The van der Waals surface area contributed by atoms with Gasteiger partial charge in [-0.2, -0.15) is 11.8 Å². The van der Waals surface area contributed by atoms with E-state index in [1.165, 1.54) is 32.1 Å². The highest BCUT2D eigenvalue weighted by Gasteiger charge is 2.29. The Labute approximate surface area is 147 Å². The molecule has 128 valence electrons. The molecular formula is C18H24N4OS. The van der Waals surface area contributed by atoms with Gasteiger partial charge in [-0.1, -0.05) is 6.08 Å². The highest BCUT2D eigenvalue weighted by atomic mass is 32.2. The van der Waals surface area contributed by atoms with Gasteiger partial charge < -0.3 is 10.6 Å². The summed E-state index contributed by atoms with van der Waals surface area (Å²) in [6.07, 6.45) is 11.9. The molecule has 0 bridgehead atoms. The van der Waals surface area contributed by atoms with Crippen molar-refractivity contribution < 1.29 is 4.79 Å². The molecule has 2 N–H and O–H groups in total. The van der Waals surface area contributed by atoms with E-state index in [9.17, 15) is 4.79 Å². The van der Waals surface area contributed by atoms with Crippen LogP contribution in [-0.4, -0.2) is 47.6 Å². The smallest absolute Gasteiger partial charge is 0.238 e. The SMILES string of the molecule is O=C1NC(CSC2CCNCC2)=NC2=CC(=NC3CCC3)C=CC12. The molecule has 2 aliphatic heterocycles. The predicted octanol–water partition coefficient (Wildman–Crippen LogP) is 2.06. The summed E-state index contributed by atoms with van der Waals surface area (Å²) in [5, 5.41) is 7.03. The number of hydrogen-bond donors (Lipinski definition) is 2. The average Bonchev–Trinajstić information content (AvgIpc) is 2.57. The molecule has 1 amide bonds. The fraction of sp³-hybridized carbons (Fsp3) is 0.611. The van der Waals surface area contributed by atoms with Crippen molar-refractivity contribution in [3.63, 3.8) is 0 Å². The van der Waals surface area contributed by atoms with Crippen LogP contribution >= 0.6 is 11.8 Å². The Bertz CT molecular complexity index is 627. The van der Waals surface area contributed by atoms with Gasteiger partial charge in [-0.3, -0.25) is 9.79 Å². The largest absolute Gasteiger partial charge is 0.317 e. The van der Waals surface area contributed by atoms with Gasteiger partial charge in [0.2, 0.25) is 5.91 Å². The first-order valence-electron chi connectivity index (χ1n) is 8.96. The second-order valence-corrected chi connectivity index (χ2v) is 8.14. The van der Waals surface area contributed by atoms with Crippen LogP contribution in [0.1, 0.15) is 32.1 Å². The van der Waals surface area contributed by atoms with Gasteiger partial charge in [0.15, 0.2) is 0 Å². The predicted molar refractivity (Wildman–Crippen MR) is 99.7 cm³/mol. The van der Waals surface area contributed by atoms with Crippen LogP contribution < -0.4 is 10.6 Å². The maximum Gasteiger partial charge on any atom is 0.238 e. The molecule has 2 heterocycles. The van der Waals surface area contributed by atoms with E-state index < -0.39 is 0 Å². The Morgan fingerprint density at radius 3 is 2.83 bits per heavy atom. The van der Waals surface area contributed by atoms with Gasteiger partial charge in [0.05, 0.1) is 29.1 Å². The molecule has 0 aromatic rings. The average molecular weight is 344 g/mol. The van der Waals surface area contributed by atoms with Crippen LogP contribution in [0.2, 0.25) is 0 Å². The summed E-state index contributed by atoms with van der Waals surface area (Å²) < 4.78 is 0. The first-order valence-corrected chi connectivity index (χ1v) is 10.0. The summed E-state index contributed by atoms with van der Waals surface area (Å²) >= 11 is 1.91. The molecule has 1 saturated carbocycles. The van der Waals surface area contributed by atoms with E-state index in [1.54, 1.807) is 0 Å². The Morgan fingerprint density at radius 2 is 2.08 bits per heavy atom. The fourth-order valence-electron chi connectivity index (χ4n) is 3.34. The van der Waals surface area contributed by atoms with Gasteiger partial charge in [-0.15, -0.1) is 0 Å². The van der Waals surface area contributed by atoms with Crippen molar-refractivity contribution in [3.8, 4) is 0 Å². The van der Waals surface area contributed by atoms with Gasteiger partial charge in [-0.05, 0) is 57.3 Å². The third kappa shape index (κ3) is 3.64. The van der Waals surface area contributed by atoms with Crippen LogP contribution in [0, 0.1) is 5.92 Å². The molecule has 5 nitrogen and oxygen atoms in total. The van der Waals surface area contributed by atoms with Gasteiger partial charge >= 0.3 is 0 Å². The third-order valence-electron chi connectivity index (χ3n) is 5.04. The van der Waals surface area contributed by atoms with Crippen LogP contribution in [0.3, 0.4) is 0 Å². The molecule has 4 rings (SSSR count). The highest BCUT2D eigenvalue weighted by molar-refractivity contribution is 8.00. The molecule has 0 radical (unpaired) electrons. The zero-order valence-electron chi connectivity index (χ0n) is 13.8. The lowest BCUT2D eigenvalue weighted by Gasteiger charge is -2.27. The quantitative estimate of drug-likeness (QED) is 0.820. The molecule has 0 aromatic heterocycles. The van der Waals surface area contributed by atoms with Crippen LogP contribution in [0.15, 0.2) is 33.9 Å². The van der Waals surface area contributed by atoms with Crippen LogP contribution in [-0.2, 0) is 4.79 Å².